The van der Waals surface area contributed by atoms with E-state index in [9.17, 15) is 4.79 Å². The van der Waals surface area contributed by atoms with Crippen molar-refractivity contribution in [3.63, 3.8) is 0 Å². The molecule has 0 amide bonds. The van der Waals surface area contributed by atoms with E-state index in [1.165, 1.54) is 7.11 Å². The standard InChI is InChI=1S/C11H10O3/c1-14-11-7-9(8-13)4-5-10(11)3-2-6-12/h4-5,7-8,12H,6H2,1H3. The van der Waals surface area contributed by atoms with Crippen molar-refractivity contribution in [2.45, 2.75) is 0 Å². The van der Waals surface area contributed by atoms with Crippen molar-refractivity contribution in [1.82, 2.24) is 0 Å². The number of benzene rings is 1. The van der Waals surface area contributed by atoms with Crippen LogP contribution in [0.15, 0.2) is 18.2 Å². The summed E-state index contributed by atoms with van der Waals surface area (Å²) in [6, 6.07) is 4.94. The van der Waals surface area contributed by atoms with Crippen LogP contribution in [0.2, 0.25) is 0 Å². The third kappa shape index (κ3) is 2.35. The maximum atomic E-state index is 10.5. The quantitative estimate of drug-likeness (QED) is 0.555. The fourth-order valence-corrected chi connectivity index (χ4v) is 1.02. The van der Waals surface area contributed by atoms with Crippen LogP contribution >= 0.6 is 0 Å². The summed E-state index contributed by atoms with van der Waals surface area (Å²) in [4.78, 5) is 10.5. The van der Waals surface area contributed by atoms with Crippen molar-refractivity contribution >= 4 is 6.29 Å². The summed E-state index contributed by atoms with van der Waals surface area (Å²) >= 11 is 0. The van der Waals surface area contributed by atoms with Gasteiger partial charge >= 0.3 is 0 Å². The monoisotopic (exact) mass is 190 g/mol. The molecule has 0 aliphatic rings. The molecule has 0 radical (unpaired) electrons. The Hall–Kier alpha value is -1.79. The molecule has 0 bridgehead atoms. The number of rotatable bonds is 2. The van der Waals surface area contributed by atoms with Crippen LogP contribution in [0, 0.1) is 11.8 Å². The average molecular weight is 190 g/mol. The SMILES string of the molecule is COc1cc(C=O)ccc1C#CCO. The number of hydrogen-bond donors (Lipinski definition) is 1. The van der Waals surface area contributed by atoms with Gasteiger partial charge in [-0.3, -0.25) is 4.79 Å². The molecule has 72 valence electrons. The van der Waals surface area contributed by atoms with E-state index in [0.717, 1.165) is 6.29 Å². The maximum absolute atomic E-state index is 10.5. The van der Waals surface area contributed by atoms with Crippen LogP contribution in [0.5, 0.6) is 5.75 Å². The van der Waals surface area contributed by atoms with Crippen LogP contribution < -0.4 is 4.74 Å². The molecule has 0 unspecified atom stereocenters. The maximum Gasteiger partial charge on any atom is 0.150 e. The van der Waals surface area contributed by atoms with Crippen molar-refractivity contribution in [2.75, 3.05) is 13.7 Å². The van der Waals surface area contributed by atoms with Crippen LogP contribution in [0.1, 0.15) is 15.9 Å². The van der Waals surface area contributed by atoms with Crippen molar-refractivity contribution in [3.8, 4) is 17.6 Å². The molecule has 0 aliphatic heterocycles. The molecule has 0 saturated carbocycles. The number of hydrogen-bond acceptors (Lipinski definition) is 3. The number of carbonyl (C=O) groups excluding carboxylic acids is 1. The molecule has 1 N–H and O–H groups in total. The highest BCUT2D eigenvalue weighted by Crippen LogP contribution is 2.18. The van der Waals surface area contributed by atoms with Gasteiger partial charge in [-0.1, -0.05) is 17.9 Å². The zero-order valence-electron chi connectivity index (χ0n) is 7.78. The molecule has 0 atom stereocenters. The largest absolute Gasteiger partial charge is 0.495 e. The van der Waals surface area contributed by atoms with E-state index in [1.54, 1.807) is 18.2 Å². The van der Waals surface area contributed by atoms with Crippen LogP contribution in [0.4, 0.5) is 0 Å². The summed E-state index contributed by atoms with van der Waals surface area (Å²) < 4.78 is 5.04. The van der Waals surface area contributed by atoms with E-state index >= 15 is 0 Å². The Kier molecular flexibility index (Phi) is 3.71. The highest BCUT2D eigenvalue weighted by atomic mass is 16.5. The van der Waals surface area contributed by atoms with Crippen molar-refractivity contribution < 1.29 is 14.6 Å². The molecular formula is C11H10O3. The fourth-order valence-electron chi connectivity index (χ4n) is 1.02. The summed E-state index contributed by atoms with van der Waals surface area (Å²) in [6.07, 6.45) is 0.742. The normalized spacial score (nSPS) is 8.71. The van der Waals surface area contributed by atoms with Gasteiger partial charge in [0.1, 0.15) is 18.6 Å². The van der Waals surface area contributed by atoms with E-state index in [0.29, 0.717) is 16.9 Å². The molecule has 3 heteroatoms. The first-order valence-corrected chi connectivity index (χ1v) is 4.04. The molecule has 1 aromatic rings. The number of aliphatic hydroxyl groups excluding tert-OH is 1. The average Bonchev–Trinajstić information content (AvgIpc) is 2.26. The van der Waals surface area contributed by atoms with E-state index < -0.39 is 0 Å². The minimum absolute atomic E-state index is 0.196. The zero-order chi connectivity index (χ0) is 10.4. The second kappa shape index (κ2) is 5.05. The zero-order valence-corrected chi connectivity index (χ0v) is 7.78. The number of ether oxygens (including phenoxy) is 1. The third-order valence-corrected chi connectivity index (χ3v) is 1.66. The fraction of sp³-hybridized carbons (Fsp3) is 0.182. The molecule has 0 spiro atoms. The molecular weight excluding hydrogens is 180 g/mol. The van der Waals surface area contributed by atoms with E-state index in [-0.39, 0.29) is 6.61 Å². The van der Waals surface area contributed by atoms with E-state index in [2.05, 4.69) is 11.8 Å². The molecule has 0 aliphatic carbocycles. The number of aliphatic hydroxyl groups is 1. The smallest absolute Gasteiger partial charge is 0.150 e. The van der Waals surface area contributed by atoms with Gasteiger partial charge in [0.05, 0.1) is 12.7 Å². The van der Waals surface area contributed by atoms with Gasteiger partial charge in [-0.2, -0.15) is 0 Å². The van der Waals surface area contributed by atoms with Crippen LogP contribution in [-0.4, -0.2) is 25.1 Å². The number of aldehydes is 1. The predicted octanol–water partition coefficient (Wildman–Crippen LogP) is 0.851. The Bertz CT molecular complexity index is 385. The van der Waals surface area contributed by atoms with Gasteiger partial charge in [0.15, 0.2) is 0 Å². The lowest BCUT2D eigenvalue weighted by Gasteiger charge is -2.02. The molecule has 1 rings (SSSR count). The van der Waals surface area contributed by atoms with E-state index in [4.69, 9.17) is 9.84 Å². The second-order valence-corrected chi connectivity index (χ2v) is 2.54. The van der Waals surface area contributed by atoms with Gasteiger partial charge in [-0.25, -0.2) is 0 Å². The summed E-state index contributed by atoms with van der Waals surface area (Å²) in [6.45, 7) is -0.196. The molecule has 0 aromatic heterocycles. The molecule has 1 aromatic carbocycles. The van der Waals surface area contributed by atoms with Crippen LogP contribution in [0.3, 0.4) is 0 Å². The van der Waals surface area contributed by atoms with Crippen LogP contribution in [-0.2, 0) is 0 Å². The summed E-state index contributed by atoms with van der Waals surface area (Å²) in [5.41, 5.74) is 1.20. The predicted molar refractivity (Wildman–Crippen MR) is 52.3 cm³/mol. The number of carbonyl (C=O) groups is 1. The second-order valence-electron chi connectivity index (χ2n) is 2.54. The highest BCUT2D eigenvalue weighted by molar-refractivity contribution is 5.76. The first-order chi connectivity index (χ1) is 6.81. The lowest BCUT2D eigenvalue weighted by atomic mass is 10.1. The van der Waals surface area contributed by atoms with Crippen LogP contribution in [0.25, 0.3) is 0 Å². The van der Waals surface area contributed by atoms with Gasteiger partial charge in [-0.15, -0.1) is 0 Å². The van der Waals surface area contributed by atoms with Gasteiger partial charge < -0.3 is 9.84 Å². The Labute approximate surface area is 82.3 Å². The molecule has 0 heterocycles. The Morgan fingerprint density at radius 3 is 2.93 bits per heavy atom. The summed E-state index contributed by atoms with van der Waals surface area (Å²) in [7, 11) is 1.51. The van der Waals surface area contributed by atoms with Gasteiger partial charge in [0.25, 0.3) is 0 Å². The molecule has 14 heavy (non-hydrogen) atoms. The summed E-state index contributed by atoms with van der Waals surface area (Å²) in [5.74, 6) is 5.78. The third-order valence-electron chi connectivity index (χ3n) is 1.66. The Morgan fingerprint density at radius 2 is 2.36 bits per heavy atom. The van der Waals surface area contributed by atoms with Crippen molar-refractivity contribution in [2.24, 2.45) is 0 Å². The molecule has 0 fully saturated rings. The number of methoxy groups -OCH3 is 1. The van der Waals surface area contributed by atoms with E-state index in [1.807, 2.05) is 0 Å². The topological polar surface area (TPSA) is 46.5 Å². The summed E-state index contributed by atoms with van der Waals surface area (Å²) in [5, 5.41) is 8.52. The minimum atomic E-state index is -0.196. The first kappa shape index (κ1) is 10.3. The first-order valence-electron chi connectivity index (χ1n) is 4.04. The van der Waals surface area contributed by atoms with Crippen molar-refractivity contribution in [1.29, 1.82) is 0 Å². The van der Waals surface area contributed by atoms with Gasteiger partial charge in [0.2, 0.25) is 0 Å². The lowest BCUT2D eigenvalue weighted by molar-refractivity contribution is 0.112. The highest BCUT2D eigenvalue weighted by Gasteiger charge is 2.00. The molecule has 3 nitrogen and oxygen atoms in total. The Morgan fingerprint density at radius 1 is 1.57 bits per heavy atom. The van der Waals surface area contributed by atoms with Crippen molar-refractivity contribution in [3.05, 3.63) is 29.3 Å². The Balaban J connectivity index is 3.11. The minimum Gasteiger partial charge on any atom is -0.495 e. The lowest BCUT2D eigenvalue weighted by Crippen LogP contribution is -1.90. The van der Waals surface area contributed by atoms with Gasteiger partial charge in [0, 0.05) is 5.56 Å². The molecule has 0 saturated heterocycles. The van der Waals surface area contributed by atoms with Gasteiger partial charge in [-0.05, 0) is 12.1 Å².